The fraction of sp³-hybridized carbons (Fsp3) is 0.506. The molecule has 10 aromatic rings. The summed E-state index contributed by atoms with van der Waals surface area (Å²) in [5, 5.41) is 26.2. The second-order valence-corrected chi connectivity index (χ2v) is 29.5. The van der Waals surface area contributed by atoms with Gasteiger partial charge in [-0.2, -0.15) is 0 Å². The van der Waals surface area contributed by atoms with E-state index >= 15 is 0 Å². The number of nitrogens with one attached hydrogen (secondary N) is 2. The highest BCUT2D eigenvalue weighted by atomic mass is 16.6. The smallest absolute Gasteiger partial charge is 0.295 e. The number of benzene rings is 2. The SMILES string of the molecule is COc1cnc(-n2cnc(COCCOCCOCCOCCn3cc(CCC(=O)C(C)C)nn3)n2)c2[nH]cc(C(=O)C(=O)N3CCN(C(=O)c4ccccc4)CC3)c12.COc1cnc(-n2cnc(COCCOCCOCCOCCn3cc(COCCOCCOCCC(=O)C(C)C)nn3)n2)c2[nH]cc(C(=O)C(=O)N3CCN(C(=O)c4ccccc4)CC3)c12. The third-order valence-electron chi connectivity index (χ3n) is 20.1. The van der Waals surface area contributed by atoms with Crippen molar-refractivity contribution >= 4 is 68.6 Å². The van der Waals surface area contributed by atoms with E-state index in [9.17, 15) is 38.4 Å². The Kier molecular flexibility index (Phi) is 37.8. The summed E-state index contributed by atoms with van der Waals surface area (Å²) < 4.78 is 78.9. The van der Waals surface area contributed by atoms with Gasteiger partial charge in [-0.25, -0.2) is 38.7 Å². The van der Waals surface area contributed by atoms with Crippen LogP contribution in [0.5, 0.6) is 11.5 Å². The maximum Gasteiger partial charge on any atom is 0.295 e. The molecular weight excluding hydrogens is 1640 g/mol. The van der Waals surface area contributed by atoms with E-state index in [2.05, 4.69) is 60.7 Å². The number of piperazine rings is 2. The van der Waals surface area contributed by atoms with Gasteiger partial charge in [0.2, 0.25) is 0 Å². The van der Waals surface area contributed by atoms with Crippen LogP contribution in [0.15, 0.2) is 110 Å². The minimum absolute atomic E-state index is 0.0270. The first-order chi connectivity index (χ1) is 61.5. The second-order valence-electron chi connectivity index (χ2n) is 29.5. The second kappa shape index (κ2) is 50.3. The highest BCUT2D eigenvalue weighted by Crippen LogP contribution is 2.34. The van der Waals surface area contributed by atoms with Crippen LogP contribution in [-0.4, -0.2) is 338 Å². The number of aromatic amines is 2. The largest absolute Gasteiger partial charge is 0.494 e. The minimum atomic E-state index is -0.708. The molecule has 676 valence electrons. The zero-order valence-corrected chi connectivity index (χ0v) is 71.9. The summed E-state index contributed by atoms with van der Waals surface area (Å²) in [5.41, 5.74) is 3.81. The van der Waals surface area contributed by atoms with Crippen LogP contribution in [0, 0.1) is 11.8 Å². The molecule has 2 N–H and O–H groups in total. The number of carbonyl (C=O) groups excluding carboxylic acids is 8. The van der Waals surface area contributed by atoms with Crippen LogP contribution < -0.4 is 9.47 Å². The zero-order valence-electron chi connectivity index (χ0n) is 71.9. The van der Waals surface area contributed by atoms with Gasteiger partial charge in [0, 0.05) is 113 Å². The number of nitrogens with zero attached hydrogens (tertiary/aromatic N) is 18. The van der Waals surface area contributed by atoms with Gasteiger partial charge in [0.1, 0.15) is 54.6 Å². The van der Waals surface area contributed by atoms with Crippen molar-refractivity contribution in [3.63, 3.8) is 0 Å². The van der Waals surface area contributed by atoms with Crippen molar-refractivity contribution in [1.29, 1.82) is 0 Å². The molecule has 2 saturated heterocycles. The van der Waals surface area contributed by atoms with Crippen molar-refractivity contribution in [2.24, 2.45) is 11.8 Å². The van der Waals surface area contributed by atoms with Crippen molar-refractivity contribution in [3.05, 3.63) is 156 Å². The maximum atomic E-state index is 13.6. The average molecular weight is 1750 g/mol. The number of hydrogen-bond donors (Lipinski definition) is 2. The van der Waals surface area contributed by atoms with Crippen molar-refractivity contribution < 1.29 is 99.9 Å². The fourth-order valence-electron chi connectivity index (χ4n) is 13.1. The van der Waals surface area contributed by atoms with Gasteiger partial charge in [0.25, 0.3) is 35.2 Å². The van der Waals surface area contributed by atoms with Crippen molar-refractivity contribution in [1.82, 2.24) is 99.1 Å². The Hall–Kier alpha value is -11.9. The number of rotatable bonds is 54. The van der Waals surface area contributed by atoms with E-state index < -0.39 is 23.4 Å². The number of aryl methyl sites for hydroxylation is 1. The Bertz CT molecular complexity index is 5090. The van der Waals surface area contributed by atoms with Gasteiger partial charge < -0.3 is 91.1 Å². The van der Waals surface area contributed by atoms with Gasteiger partial charge >= 0.3 is 0 Å². The lowest BCUT2D eigenvalue weighted by molar-refractivity contribution is -0.128. The lowest BCUT2D eigenvalue weighted by atomic mass is 10.0. The number of H-pyrrole nitrogens is 2. The molecule has 4 amide bonds. The Morgan fingerprint density at radius 3 is 1.14 bits per heavy atom. The standard InChI is InChI=1S/C45H60N10O12.C40H50N10O9/c1-33(2)37(56)9-15-61-17-19-64-23-25-66-30-35-29-54(51-49-35)14-16-62-18-20-63-21-22-65-24-26-67-31-39-48-32-55(50-39)43-41-40(38(60-3)28-47-43)36(27-46-41)42(57)45(59)53-12-10-52(11-13-53)44(58)34-7-5-4-6-8-34;1-28(2)32(51)10-9-30-25-49(46-44-30)15-16-56-17-18-57-19-20-58-21-22-59-26-34-43-27-50(45-34)38-36-35(33(55-3)24-42-38)31(23-41-36)37(52)40(54)48-13-11-47(12-14-48)39(53)29-7-5-4-6-8-29/h4-8,27-29,32-33,46H,9-26,30-31H2,1-3H3;4-8,23-25,27-28,41H,9-22,26H2,1-3H3. The number of amides is 4. The van der Waals surface area contributed by atoms with E-state index in [-0.39, 0.29) is 85.7 Å². The predicted octanol–water partition coefficient (Wildman–Crippen LogP) is 4.68. The molecular formula is C85H110N20O21. The number of ketones is 4. The van der Waals surface area contributed by atoms with Crippen LogP contribution in [0.3, 0.4) is 0 Å². The molecule has 0 atom stereocenters. The first-order valence-electron chi connectivity index (χ1n) is 41.9. The number of pyridine rings is 2. The maximum absolute atomic E-state index is 13.6. The predicted molar refractivity (Wildman–Crippen MR) is 450 cm³/mol. The van der Waals surface area contributed by atoms with Crippen LogP contribution in [-0.2, 0) is 111 Å². The van der Waals surface area contributed by atoms with E-state index in [1.807, 2.05) is 52.2 Å². The zero-order chi connectivity index (χ0) is 88.8. The van der Waals surface area contributed by atoms with Gasteiger partial charge in [-0.15, -0.1) is 20.4 Å². The normalized spacial score (nSPS) is 13.0. The van der Waals surface area contributed by atoms with Crippen LogP contribution in [0.2, 0.25) is 0 Å². The molecule has 12 rings (SSSR count). The van der Waals surface area contributed by atoms with E-state index in [4.69, 9.17) is 61.6 Å². The molecule has 2 fully saturated rings. The van der Waals surface area contributed by atoms with Crippen LogP contribution in [0.25, 0.3) is 33.4 Å². The summed E-state index contributed by atoms with van der Waals surface area (Å²) in [7, 11) is 2.92. The van der Waals surface area contributed by atoms with Crippen molar-refractivity contribution in [2.75, 3.05) is 192 Å². The lowest BCUT2D eigenvalue weighted by Crippen LogP contribution is -2.52. The summed E-state index contributed by atoms with van der Waals surface area (Å²) in [5.74, 6) is -0.374. The molecule has 0 unspecified atom stereocenters. The topological polar surface area (TPSA) is 450 Å². The summed E-state index contributed by atoms with van der Waals surface area (Å²) in [6.45, 7) is 19.1. The Labute approximate surface area is 727 Å². The van der Waals surface area contributed by atoms with Gasteiger partial charge in [-0.1, -0.05) is 74.5 Å². The summed E-state index contributed by atoms with van der Waals surface area (Å²) >= 11 is 0. The molecule has 41 nitrogen and oxygen atoms in total. The van der Waals surface area contributed by atoms with Crippen LogP contribution >= 0.6 is 0 Å². The van der Waals surface area contributed by atoms with Crippen molar-refractivity contribution in [2.45, 2.75) is 79.9 Å². The molecule has 126 heavy (non-hydrogen) atoms. The number of hydrogen-bond acceptors (Lipinski definition) is 31. The number of aromatic nitrogens is 16. The van der Waals surface area contributed by atoms with Gasteiger partial charge in [0.15, 0.2) is 23.3 Å². The van der Waals surface area contributed by atoms with Gasteiger partial charge in [-0.05, 0) is 24.3 Å². The molecule has 8 aromatic heterocycles. The quantitative estimate of drug-likeness (QED) is 0.0297. The van der Waals surface area contributed by atoms with E-state index in [0.29, 0.717) is 264 Å². The Balaban J connectivity index is 0.000000247. The minimum Gasteiger partial charge on any atom is -0.494 e. The molecule has 10 heterocycles. The first-order valence-corrected chi connectivity index (χ1v) is 41.9. The molecule has 0 spiro atoms. The average Bonchev–Trinajstić information content (AvgIpc) is 1.61. The molecule has 0 saturated carbocycles. The summed E-state index contributed by atoms with van der Waals surface area (Å²) in [6.07, 6.45) is 14.0. The third kappa shape index (κ3) is 28.1. The molecule has 0 radical (unpaired) electrons. The van der Waals surface area contributed by atoms with Gasteiger partial charge in [-0.3, -0.25) is 38.4 Å². The number of Topliss-reactive ketones (excluding diaryl/α,β-unsaturated/α-hetero) is 4. The van der Waals surface area contributed by atoms with Crippen LogP contribution in [0.4, 0.5) is 0 Å². The summed E-state index contributed by atoms with van der Waals surface area (Å²) in [6, 6.07) is 17.9. The Morgan fingerprint density at radius 1 is 0.397 bits per heavy atom. The molecule has 2 aromatic carbocycles. The van der Waals surface area contributed by atoms with E-state index in [1.165, 1.54) is 70.8 Å². The molecule has 0 bridgehead atoms. The highest BCUT2D eigenvalue weighted by molar-refractivity contribution is 6.46. The van der Waals surface area contributed by atoms with E-state index in [0.717, 1.165) is 5.69 Å². The highest BCUT2D eigenvalue weighted by Gasteiger charge is 2.34. The number of methoxy groups -OCH3 is 2. The van der Waals surface area contributed by atoms with Crippen LogP contribution in [0.1, 0.15) is 105 Å². The number of carbonyl (C=O) groups is 8. The molecule has 0 aliphatic carbocycles. The van der Waals surface area contributed by atoms with E-state index in [1.54, 1.807) is 67.7 Å². The molecule has 2 aliphatic rings. The fourth-order valence-corrected chi connectivity index (χ4v) is 13.1. The molecule has 41 heteroatoms. The summed E-state index contributed by atoms with van der Waals surface area (Å²) in [4.78, 5) is 133. The number of ether oxygens (including phenoxy) is 13. The third-order valence-corrected chi connectivity index (χ3v) is 20.1. The first kappa shape index (κ1) is 94.8. The van der Waals surface area contributed by atoms with Crippen molar-refractivity contribution in [3.8, 4) is 23.1 Å². The Morgan fingerprint density at radius 2 is 0.746 bits per heavy atom. The van der Waals surface area contributed by atoms with Gasteiger partial charge in [0.05, 0.1) is 217 Å². The lowest BCUT2D eigenvalue weighted by Gasteiger charge is -2.34. The number of fused-ring (bicyclic) bond motifs is 2. The molecule has 2 aliphatic heterocycles. The monoisotopic (exact) mass is 1750 g/mol.